The molecule has 7 heteroatoms. The lowest BCUT2D eigenvalue weighted by Gasteiger charge is -2.29. The van der Waals surface area contributed by atoms with Crippen LogP contribution in [-0.4, -0.2) is 41.8 Å². The van der Waals surface area contributed by atoms with Crippen LogP contribution in [0.15, 0.2) is 24.3 Å². The van der Waals surface area contributed by atoms with Gasteiger partial charge in [0, 0.05) is 5.69 Å². The highest BCUT2D eigenvalue weighted by atomic mass is 19.1. The minimum absolute atomic E-state index is 0.0140. The van der Waals surface area contributed by atoms with Gasteiger partial charge in [-0.05, 0) is 25.1 Å². The second kappa shape index (κ2) is 5.79. The van der Waals surface area contributed by atoms with Gasteiger partial charge in [-0.3, -0.25) is 24.6 Å². The van der Waals surface area contributed by atoms with E-state index in [0.29, 0.717) is 0 Å². The Morgan fingerprint density at radius 3 is 2.95 bits per heavy atom. The number of anilines is 1. The van der Waals surface area contributed by atoms with Crippen LogP contribution in [0.1, 0.15) is 6.92 Å². The first kappa shape index (κ1) is 14.1. The molecule has 1 atom stereocenters. The Bertz CT molecular complexity index is 562. The molecule has 2 rings (SSSR count). The van der Waals surface area contributed by atoms with Crippen molar-refractivity contribution in [1.82, 2.24) is 10.2 Å². The Labute approximate surface area is 114 Å². The van der Waals surface area contributed by atoms with E-state index in [9.17, 15) is 18.8 Å². The Hall–Kier alpha value is -2.28. The highest BCUT2D eigenvalue weighted by molar-refractivity contribution is 6.05. The molecule has 1 aromatic rings. The summed E-state index contributed by atoms with van der Waals surface area (Å²) in [6, 6.07) is 4.87. The van der Waals surface area contributed by atoms with Crippen LogP contribution < -0.4 is 10.6 Å². The molecule has 0 spiro atoms. The topological polar surface area (TPSA) is 78.5 Å². The zero-order chi connectivity index (χ0) is 14.7. The van der Waals surface area contributed by atoms with E-state index in [4.69, 9.17) is 0 Å². The maximum absolute atomic E-state index is 13.0. The van der Waals surface area contributed by atoms with Crippen LogP contribution in [-0.2, 0) is 14.4 Å². The van der Waals surface area contributed by atoms with E-state index in [-0.39, 0.29) is 18.8 Å². The Kier molecular flexibility index (Phi) is 4.09. The highest BCUT2D eigenvalue weighted by Crippen LogP contribution is 2.09. The number of benzene rings is 1. The zero-order valence-electron chi connectivity index (χ0n) is 10.9. The molecule has 1 unspecified atom stereocenters. The van der Waals surface area contributed by atoms with Crippen molar-refractivity contribution in [3.05, 3.63) is 30.1 Å². The summed E-state index contributed by atoms with van der Waals surface area (Å²) in [6.45, 7) is 1.26. The first-order valence-electron chi connectivity index (χ1n) is 6.10. The summed E-state index contributed by atoms with van der Waals surface area (Å²) in [5.74, 6) is -1.93. The molecule has 1 saturated heterocycles. The average molecular weight is 279 g/mol. The van der Waals surface area contributed by atoms with Crippen LogP contribution in [0.3, 0.4) is 0 Å². The van der Waals surface area contributed by atoms with E-state index in [1.807, 2.05) is 0 Å². The first-order chi connectivity index (χ1) is 9.47. The largest absolute Gasteiger partial charge is 0.324 e. The van der Waals surface area contributed by atoms with E-state index in [1.54, 1.807) is 6.92 Å². The summed E-state index contributed by atoms with van der Waals surface area (Å²) in [7, 11) is 0. The maximum Gasteiger partial charge on any atom is 0.246 e. The molecule has 3 amide bonds. The van der Waals surface area contributed by atoms with Gasteiger partial charge in [0.2, 0.25) is 17.7 Å². The smallest absolute Gasteiger partial charge is 0.246 e. The molecule has 1 aliphatic rings. The summed E-state index contributed by atoms with van der Waals surface area (Å²) in [5.41, 5.74) is 0.276. The summed E-state index contributed by atoms with van der Waals surface area (Å²) in [5, 5.41) is 5.16. The summed E-state index contributed by atoms with van der Waals surface area (Å²) < 4.78 is 13.0. The Morgan fingerprint density at radius 1 is 1.50 bits per heavy atom. The Balaban J connectivity index is 2.00. The number of nitrogens with one attached hydrogen (secondary N) is 2. The van der Waals surface area contributed by atoms with Crippen molar-refractivity contribution in [2.24, 2.45) is 0 Å². The Morgan fingerprint density at radius 2 is 2.25 bits per heavy atom. The van der Waals surface area contributed by atoms with Gasteiger partial charge in [-0.2, -0.15) is 0 Å². The fourth-order valence-electron chi connectivity index (χ4n) is 1.86. The fourth-order valence-corrected chi connectivity index (χ4v) is 1.86. The van der Waals surface area contributed by atoms with E-state index < -0.39 is 29.6 Å². The average Bonchev–Trinajstić information content (AvgIpc) is 2.39. The molecule has 106 valence electrons. The molecule has 2 N–H and O–H groups in total. The number of rotatable bonds is 3. The molecule has 0 radical (unpaired) electrons. The molecule has 0 aliphatic carbocycles. The van der Waals surface area contributed by atoms with E-state index >= 15 is 0 Å². The number of imide groups is 1. The number of halogens is 1. The lowest BCUT2D eigenvalue weighted by atomic mass is 10.2. The third kappa shape index (κ3) is 3.18. The van der Waals surface area contributed by atoms with Gasteiger partial charge in [0.25, 0.3) is 0 Å². The number of nitrogens with zero attached hydrogens (tertiary/aromatic N) is 1. The minimum Gasteiger partial charge on any atom is -0.324 e. The molecule has 1 aliphatic heterocycles. The fraction of sp³-hybridized carbons (Fsp3) is 0.308. The van der Waals surface area contributed by atoms with E-state index in [2.05, 4.69) is 10.6 Å². The molecule has 0 aromatic heterocycles. The van der Waals surface area contributed by atoms with Crippen molar-refractivity contribution in [2.75, 3.05) is 18.4 Å². The molecule has 1 fully saturated rings. The summed E-state index contributed by atoms with van der Waals surface area (Å²) >= 11 is 0. The van der Waals surface area contributed by atoms with E-state index in [1.165, 1.54) is 18.2 Å². The van der Waals surface area contributed by atoms with Crippen LogP contribution in [0.2, 0.25) is 0 Å². The van der Waals surface area contributed by atoms with E-state index in [0.717, 1.165) is 11.0 Å². The summed E-state index contributed by atoms with van der Waals surface area (Å²) in [6.07, 6.45) is 0. The third-order valence-corrected chi connectivity index (χ3v) is 2.91. The van der Waals surface area contributed by atoms with Gasteiger partial charge >= 0.3 is 0 Å². The normalized spacial score (nSPS) is 19.1. The van der Waals surface area contributed by atoms with Gasteiger partial charge in [-0.1, -0.05) is 6.07 Å². The lowest BCUT2D eigenvalue weighted by Crippen LogP contribution is -2.58. The SMILES string of the molecule is CC1NCC(=O)N(CC(=O)Nc2cccc(F)c2)C1=O. The van der Waals surface area contributed by atoms with Crippen LogP contribution >= 0.6 is 0 Å². The third-order valence-electron chi connectivity index (χ3n) is 2.91. The molecule has 0 saturated carbocycles. The van der Waals surface area contributed by atoms with Crippen molar-refractivity contribution in [2.45, 2.75) is 13.0 Å². The van der Waals surface area contributed by atoms with Gasteiger partial charge in [-0.15, -0.1) is 0 Å². The van der Waals surface area contributed by atoms with Gasteiger partial charge in [-0.25, -0.2) is 4.39 Å². The van der Waals surface area contributed by atoms with Crippen molar-refractivity contribution in [3.8, 4) is 0 Å². The molecule has 6 nitrogen and oxygen atoms in total. The zero-order valence-corrected chi connectivity index (χ0v) is 10.9. The minimum atomic E-state index is -0.550. The van der Waals surface area contributed by atoms with Crippen molar-refractivity contribution >= 4 is 23.4 Å². The number of carbonyl (C=O) groups is 3. The monoisotopic (exact) mass is 279 g/mol. The number of hydrogen-bond donors (Lipinski definition) is 2. The number of hydrogen-bond acceptors (Lipinski definition) is 4. The quantitative estimate of drug-likeness (QED) is 0.770. The van der Waals surface area contributed by atoms with Crippen LogP contribution in [0.4, 0.5) is 10.1 Å². The second-order valence-electron chi connectivity index (χ2n) is 4.48. The van der Waals surface area contributed by atoms with Gasteiger partial charge in [0.15, 0.2) is 0 Å². The van der Waals surface area contributed by atoms with Crippen LogP contribution in [0.25, 0.3) is 0 Å². The molecular weight excluding hydrogens is 265 g/mol. The number of piperazine rings is 1. The molecule has 1 aromatic carbocycles. The van der Waals surface area contributed by atoms with Crippen LogP contribution in [0.5, 0.6) is 0 Å². The molecule has 20 heavy (non-hydrogen) atoms. The predicted octanol–water partition coefficient (Wildman–Crippen LogP) is 0.111. The van der Waals surface area contributed by atoms with Crippen LogP contribution in [0, 0.1) is 5.82 Å². The maximum atomic E-state index is 13.0. The number of amides is 3. The predicted molar refractivity (Wildman–Crippen MR) is 69.2 cm³/mol. The lowest BCUT2D eigenvalue weighted by molar-refractivity contribution is -0.150. The van der Waals surface area contributed by atoms with Crippen molar-refractivity contribution < 1.29 is 18.8 Å². The summed E-state index contributed by atoms with van der Waals surface area (Å²) in [4.78, 5) is 36.1. The second-order valence-corrected chi connectivity index (χ2v) is 4.48. The molecular formula is C13H14FN3O3. The number of carbonyl (C=O) groups excluding carboxylic acids is 3. The van der Waals surface area contributed by atoms with Gasteiger partial charge < -0.3 is 5.32 Å². The van der Waals surface area contributed by atoms with Crippen molar-refractivity contribution in [1.29, 1.82) is 0 Å². The molecule has 1 heterocycles. The highest BCUT2D eigenvalue weighted by Gasteiger charge is 2.32. The van der Waals surface area contributed by atoms with Gasteiger partial charge in [0.05, 0.1) is 12.6 Å². The van der Waals surface area contributed by atoms with Gasteiger partial charge in [0.1, 0.15) is 12.4 Å². The van der Waals surface area contributed by atoms with Crippen molar-refractivity contribution in [3.63, 3.8) is 0 Å². The standard InChI is InChI=1S/C13H14FN3O3/c1-8-13(20)17(12(19)6-15-8)7-11(18)16-10-4-2-3-9(14)5-10/h2-5,8,15H,6-7H2,1H3,(H,16,18). The first-order valence-corrected chi connectivity index (χ1v) is 6.10. The molecule has 0 bridgehead atoms.